The SMILES string of the molecule is CC1(Nc2nc(-c3c[nH]c4ncc(Cl)cc34)ncc2F)CCCCC1N. The second-order valence-corrected chi connectivity index (χ2v) is 7.47. The molecule has 0 aromatic carbocycles. The highest BCUT2D eigenvalue weighted by atomic mass is 35.5. The Morgan fingerprint density at radius 3 is 3.00 bits per heavy atom. The van der Waals surface area contributed by atoms with Crippen molar-refractivity contribution in [3.8, 4) is 11.4 Å². The largest absolute Gasteiger partial charge is 0.361 e. The van der Waals surface area contributed by atoms with Crippen molar-refractivity contribution >= 4 is 28.5 Å². The Bertz CT molecular complexity index is 958. The van der Waals surface area contributed by atoms with Crippen LogP contribution in [-0.4, -0.2) is 31.5 Å². The molecular weight excluding hydrogens is 355 g/mol. The molecule has 1 aliphatic rings. The average molecular weight is 375 g/mol. The lowest BCUT2D eigenvalue weighted by Crippen LogP contribution is -2.53. The van der Waals surface area contributed by atoms with Crippen molar-refractivity contribution < 1.29 is 4.39 Å². The van der Waals surface area contributed by atoms with Gasteiger partial charge in [-0.1, -0.05) is 24.4 Å². The fraction of sp³-hybridized carbons (Fsp3) is 0.389. The summed E-state index contributed by atoms with van der Waals surface area (Å²) < 4.78 is 14.4. The van der Waals surface area contributed by atoms with Crippen LogP contribution in [0, 0.1) is 5.82 Å². The standard InChI is InChI=1S/C18H20ClFN6/c1-18(5-3-2-4-14(18)21)26-17-13(20)9-24-16(25-17)12-8-23-15-11(12)6-10(19)7-22-15/h6-9,14H,2-5,21H2,1H3,(H,22,23)(H,24,25,26). The third-order valence-electron chi connectivity index (χ3n) is 5.17. The lowest BCUT2D eigenvalue weighted by molar-refractivity contribution is 0.298. The summed E-state index contributed by atoms with van der Waals surface area (Å²) in [5.74, 6) is 0.0696. The van der Waals surface area contributed by atoms with E-state index in [0.29, 0.717) is 16.5 Å². The van der Waals surface area contributed by atoms with E-state index in [2.05, 4.69) is 25.3 Å². The van der Waals surface area contributed by atoms with Gasteiger partial charge in [-0.25, -0.2) is 19.3 Å². The minimum atomic E-state index is -0.497. The maximum atomic E-state index is 14.4. The molecule has 26 heavy (non-hydrogen) atoms. The molecular formula is C18H20ClFN6. The first-order chi connectivity index (χ1) is 12.5. The van der Waals surface area contributed by atoms with E-state index in [4.69, 9.17) is 17.3 Å². The quantitative estimate of drug-likeness (QED) is 0.646. The van der Waals surface area contributed by atoms with Gasteiger partial charge >= 0.3 is 0 Å². The van der Waals surface area contributed by atoms with Crippen molar-refractivity contribution in [1.29, 1.82) is 0 Å². The van der Waals surface area contributed by atoms with Crippen molar-refractivity contribution in [1.82, 2.24) is 19.9 Å². The first-order valence-electron chi connectivity index (χ1n) is 8.65. The van der Waals surface area contributed by atoms with Crippen molar-refractivity contribution in [2.75, 3.05) is 5.32 Å². The molecule has 2 atom stereocenters. The smallest absolute Gasteiger partial charge is 0.183 e. The third kappa shape index (κ3) is 3.01. The van der Waals surface area contributed by atoms with E-state index in [9.17, 15) is 4.39 Å². The van der Waals surface area contributed by atoms with Gasteiger partial charge in [0.1, 0.15) is 5.65 Å². The fourth-order valence-electron chi connectivity index (χ4n) is 3.53. The Morgan fingerprint density at radius 2 is 2.19 bits per heavy atom. The molecule has 6 nitrogen and oxygen atoms in total. The summed E-state index contributed by atoms with van der Waals surface area (Å²) in [7, 11) is 0. The molecule has 3 aromatic heterocycles. The van der Waals surface area contributed by atoms with Crippen molar-refractivity contribution in [3.05, 3.63) is 35.5 Å². The van der Waals surface area contributed by atoms with Crippen LogP contribution in [0.1, 0.15) is 32.6 Å². The minimum Gasteiger partial charge on any atom is -0.361 e. The highest BCUT2D eigenvalue weighted by Crippen LogP contribution is 2.32. The zero-order valence-corrected chi connectivity index (χ0v) is 15.1. The molecule has 0 spiro atoms. The zero-order valence-electron chi connectivity index (χ0n) is 14.4. The van der Waals surface area contributed by atoms with Crippen LogP contribution in [0.25, 0.3) is 22.4 Å². The van der Waals surface area contributed by atoms with Crippen molar-refractivity contribution in [2.45, 2.75) is 44.2 Å². The lowest BCUT2D eigenvalue weighted by atomic mass is 9.79. The molecule has 0 aliphatic heterocycles. The third-order valence-corrected chi connectivity index (χ3v) is 5.37. The van der Waals surface area contributed by atoms with E-state index in [1.54, 1.807) is 18.5 Å². The summed E-state index contributed by atoms with van der Waals surface area (Å²) in [6.45, 7) is 2.02. The first-order valence-corrected chi connectivity index (χ1v) is 9.03. The van der Waals surface area contributed by atoms with Gasteiger partial charge in [0.05, 0.1) is 16.8 Å². The van der Waals surface area contributed by atoms with E-state index in [0.717, 1.165) is 36.6 Å². The number of aromatic amines is 1. The predicted molar refractivity (Wildman–Crippen MR) is 101 cm³/mol. The van der Waals surface area contributed by atoms with Gasteiger partial charge in [0, 0.05) is 29.4 Å². The molecule has 1 aliphatic carbocycles. The molecule has 0 amide bonds. The number of nitrogens with two attached hydrogens (primary N) is 1. The number of hydrogen-bond donors (Lipinski definition) is 3. The number of H-pyrrole nitrogens is 1. The Kier molecular flexibility index (Phi) is 4.28. The number of nitrogens with zero attached hydrogens (tertiary/aromatic N) is 3. The van der Waals surface area contributed by atoms with Gasteiger partial charge in [0.2, 0.25) is 0 Å². The second-order valence-electron chi connectivity index (χ2n) is 7.04. The van der Waals surface area contributed by atoms with Gasteiger partial charge in [-0.05, 0) is 25.8 Å². The molecule has 8 heteroatoms. The van der Waals surface area contributed by atoms with Crippen LogP contribution in [0.15, 0.2) is 24.7 Å². The molecule has 4 N–H and O–H groups in total. The second kappa shape index (κ2) is 6.48. The number of halogens is 2. The van der Waals surface area contributed by atoms with Gasteiger partial charge < -0.3 is 16.0 Å². The number of anilines is 1. The highest BCUT2D eigenvalue weighted by Gasteiger charge is 2.35. The molecule has 136 valence electrons. The van der Waals surface area contributed by atoms with Crippen molar-refractivity contribution in [3.63, 3.8) is 0 Å². The van der Waals surface area contributed by atoms with Gasteiger partial charge in [0.25, 0.3) is 0 Å². The molecule has 1 fully saturated rings. The number of hydrogen-bond acceptors (Lipinski definition) is 5. The summed E-state index contributed by atoms with van der Waals surface area (Å²) >= 11 is 6.05. The number of fused-ring (bicyclic) bond motifs is 1. The summed E-state index contributed by atoms with van der Waals surface area (Å²) in [4.78, 5) is 15.9. The molecule has 3 aromatic rings. The Hall–Kier alpha value is -2.25. The van der Waals surface area contributed by atoms with E-state index >= 15 is 0 Å². The van der Waals surface area contributed by atoms with Crippen molar-refractivity contribution in [2.24, 2.45) is 5.73 Å². The summed E-state index contributed by atoms with van der Waals surface area (Å²) in [5, 5.41) is 4.54. The van der Waals surface area contributed by atoms with E-state index < -0.39 is 11.4 Å². The highest BCUT2D eigenvalue weighted by molar-refractivity contribution is 6.31. The lowest BCUT2D eigenvalue weighted by Gasteiger charge is -2.40. The first kappa shape index (κ1) is 17.2. The van der Waals surface area contributed by atoms with E-state index in [-0.39, 0.29) is 11.9 Å². The van der Waals surface area contributed by atoms with E-state index in [1.807, 2.05) is 6.92 Å². The molecule has 0 saturated heterocycles. The van der Waals surface area contributed by atoms with Crippen LogP contribution in [0.4, 0.5) is 10.2 Å². The van der Waals surface area contributed by atoms with Gasteiger partial charge in [0.15, 0.2) is 17.5 Å². The number of nitrogens with one attached hydrogen (secondary N) is 2. The number of pyridine rings is 1. The van der Waals surface area contributed by atoms with Gasteiger partial charge in [-0.15, -0.1) is 0 Å². The molecule has 2 unspecified atom stereocenters. The Morgan fingerprint density at radius 1 is 1.35 bits per heavy atom. The van der Waals surface area contributed by atoms with E-state index in [1.165, 1.54) is 6.20 Å². The van der Waals surface area contributed by atoms with Crippen LogP contribution in [-0.2, 0) is 0 Å². The number of aromatic nitrogens is 4. The normalized spacial score (nSPS) is 23.3. The van der Waals surface area contributed by atoms with Crippen LogP contribution >= 0.6 is 11.6 Å². The Labute approximate surface area is 155 Å². The topological polar surface area (TPSA) is 92.5 Å². The minimum absolute atomic E-state index is 0.0508. The van der Waals surface area contributed by atoms with Crippen LogP contribution in [0.5, 0.6) is 0 Å². The molecule has 1 saturated carbocycles. The molecule has 0 radical (unpaired) electrons. The van der Waals surface area contributed by atoms with Crippen LogP contribution < -0.4 is 11.1 Å². The number of rotatable bonds is 3. The Balaban J connectivity index is 1.73. The summed E-state index contributed by atoms with van der Waals surface area (Å²) in [6.07, 6.45) is 8.43. The van der Waals surface area contributed by atoms with Crippen LogP contribution in [0.2, 0.25) is 5.02 Å². The van der Waals surface area contributed by atoms with Crippen LogP contribution in [0.3, 0.4) is 0 Å². The summed E-state index contributed by atoms with van der Waals surface area (Å²) in [6, 6.07) is 1.73. The molecule has 0 bridgehead atoms. The summed E-state index contributed by atoms with van der Waals surface area (Å²) in [5.41, 5.74) is 7.28. The maximum Gasteiger partial charge on any atom is 0.183 e. The molecule has 3 heterocycles. The van der Waals surface area contributed by atoms with Gasteiger partial charge in [-0.2, -0.15) is 0 Å². The zero-order chi connectivity index (χ0) is 18.3. The maximum absolute atomic E-state index is 14.4. The fourth-order valence-corrected chi connectivity index (χ4v) is 3.69. The average Bonchev–Trinajstić information content (AvgIpc) is 3.03. The predicted octanol–water partition coefficient (Wildman–Crippen LogP) is 3.88. The monoisotopic (exact) mass is 374 g/mol. The molecule has 4 rings (SSSR count). The van der Waals surface area contributed by atoms with Gasteiger partial charge in [-0.3, -0.25) is 0 Å².